The number of nitrogens with two attached hydrogens (primary N) is 1. The molecule has 0 bridgehead atoms. The summed E-state index contributed by atoms with van der Waals surface area (Å²) in [5, 5.41) is 0. The van der Waals surface area contributed by atoms with Gasteiger partial charge in [0.25, 0.3) is 0 Å². The van der Waals surface area contributed by atoms with E-state index in [1.807, 2.05) is 29.8 Å². The normalized spacial score (nSPS) is 10.9. The van der Waals surface area contributed by atoms with Gasteiger partial charge >= 0.3 is 0 Å². The van der Waals surface area contributed by atoms with E-state index in [9.17, 15) is 4.39 Å². The highest BCUT2D eigenvalue weighted by Crippen LogP contribution is 2.27. The van der Waals surface area contributed by atoms with Crippen molar-refractivity contribution in [3.63, 3.8) is 0 Å². The number of benzene rings is 2. The number of hydrazine groups is 1. The molecule has 1 heterocycles. The first kappa shape index (κ1) is 11.7. The maximum Gasteiger partial charge on any atom is 0.143 e. The second-order valence-electron chi connectivity index (χ2n) is 4.32. The van der Waals surface area contributed by atoms with Gasteiger partial charge in [0, 0.05) is 7.05 Å². The number of hydrogen-bond acceptors (Lipinski definition) is 3. The third-order valence-electron chi connectivity index (χ3n) is 3.16. The minimum Gasteiger partial charge on any atom is -0.327 e. The van der Waals surface area contributed by atoms with Gasteiger partial charge in [-0.25, -0.2) is 9.37 Å². The fraction of sp³-hybridized carbons (Fsp3) is 0.0714. The van der Waals surface area contributed by atoms with Crippen molar-refractivity contribution in [1.82, 2.24) is 9.55 Å². The van der Waals surface area contributed by atoms with Gasteiger partial charge in [-0.2, -0.15) is 0 Å². The Hall–Kier alpha value is -2.40. The summed E-state index contributed by atoms with van der Waals surface area (Å²) in [7, 11) is 1.86. The van der Waals surface area contributed by atoms with E-state index in [0.29, 0.717) is 11.4 Å². The average molecular weight is 256 g/mol. The Balaban J connectivity index is 2.26. The zero-order valence-corrected chi connectivity index (χ0v) is 10.4. The van der Waals surface area contributed by atoms with Gasteiger partial charge in [0.1, 0.15) is 11.6 Å². The molecular formula is C14H13FN4. The monoisotopic (exact) mass is 256 g/mol. The van der Waals surface area contributed by atoms with E-state index < -0.39 is 0 Å². The highest BCUT2D eigenvalue weighted by Gasteiger charge is 2.13. The lowest BCUT2D eigenvalue weighted by atomic mass is 10.2. The van der Waals surface area contributed by atoms with Crippen LogP contribution in [0.1, 0.15) is 0 Å². The van der Waals surface area contributed by atoms with Crippen LogP contribution < -0.4 is 11.3 Å². The molecule has 0 aliphatic rings. The van der Waals surface area contributed by atoms with Gasteiger partial charge in [0.05, 0.1) is 22.3 Å². The van der Waals surface area contributed by atoms with Gasteiger partial charge < -0.3 is 9.99 Å². The van der Waals surface area contributed by atoms with Crippen LogP contribution in [0.15, 0.2) is 42.5 Å². The molecule has 3 N–H and O–H groups in total. The molecular weight excluding hydrogens is 243 g/mol. The average Bonchev–Trinajstić information content (AvgIpc) is 2.76. The van der Waals surface area contributed by atoms with E-state index in [2.05, 4.69) is 10.4 Å². The van der Waals surface area contributed by atoms with E-state index in [4.69, 9.17) is 5.84 Å². The van der Waals surface area contributed by atoms with Crippen molar-refractivity contribution in [3.8, 4) is 11.4 Å². The van der Waals surface area contributed by atoms with Crippen LogP contribution in [0.2, 0.25) is 0 Å². The van der Waals surface area contributed by atoms with Crippen LogP contribution in [-0.4, -0.2) is 9.55 Å². The van der Waals surface area contributed by atoms with E-state index >= 15 is 0 Å². The number of fused-ring (bicyclic) bond motifs is 1. The van der Waals surface area contributed by atoms with Crippen molar-refractivity contribution in [2.24, 2.45) is 12.9 Å². The molecule has 96 valence electrons. The highest BCUT2D eigenvalue weighted by atomic mass is 19.1. The maximum atomic E-state index is 13.8. The van der Waals surface area contributed by atoms with Crippen molar-refractivity contribution >= 4 is 16.7 Å². The molecule has 0 aliphatic carbocycles. The van der Waals surface area contributed by atoms with E-state index in [0.717, 1.165) is 16.7 Å². The first-order valence-corrected chi connectivity index (χ1v) is 5.88. The first-order valence-electron chi connectivity index (χ1n) is 5.88. The fourth-order valence-electron chi connectivity index (χ4n) is 2.16. The van der Waals surface area contributed by atoms with Gasteiger partial charge in [0.15, 0.2) is 0 Å². The minimum atomic E-state index is -0.280. The molecule has 1 aromatic heterocycles. The molecule has 0 radical (unpaired) electrons. The molecule has 0 amide bonds. The van der Waals surface area contributed by atoms with Crippen molar-refractivity contribution in [2.75, 3.05) is 5.43 Å². The molecule has 5 heteroatoms. The van der Waals surface area contributed by atoms with Gasteiger partial charge in [0.2, 0.25) is 0 Å². The Labute approximate surface area is 109 Å². The molecule has 0 unspecified atom stereocenters. The number of anilines is 1. The van der Waals surface area contributed by atoms with Crippen LogP contribution in [0.3, 0.4) is 0 Å². The topological polar surface area (TPSA) is 55.9 Å². The summed E-state index contributed by atoms with van der Waals surface area (Å²) in [5.41, 5.74) is 5.57. The van der Waals surface area contributed by atoms with Crippen LogP contribution in [0.25, 0.3) is 22.4 Å². The smallest absolute Gasteiger partial charge is 0.143 e. The Morgan fingerprint density at radius 1 is 1.21 bits per heavy atom. The molecule has 3 aromatic rings. The number of aryl methyl sites for hydroxylation is 1. The minimum absolute atomic E-state index is 0.280. The summed E-state index contributed by atoms with van der Waals surface area (Å²) < 4.78 is 15.7. The Bertz CT molecular complexity index is 748. The lowest BCUT2D eigenvalue weighted by molar-refractivity contribution is 0.629. The Kier molecular flexibility index (Phi) is 2.68. The zero-order chi connectivity index (χ0) is 13.4. The molecule has 0 saturated heterocycles. The van der Waals surface area contributed by atoms with Crippen LogP contribution in [0.4, 0.5) is 10.1 Å². The van der Waals surface area contributed by atoms with Crippen molar-refractivity contribution in [2.45, 2.75) is 0 Å². The van der Waals surface area contributed by atoms with Gasteiger partial charge in [-0.3, -0.25) is 5.84 Å². The predicted octanol–water partition coefficient (Wildman–Crippen LogP) is 2.67. The fourth-order valence-corrected chi connectivity index (χ4v) is 2.16. The molecule has 0 spiro atoms. The Morgan fingerprint density at radius 2 is 2.00 bits per heavy atom. The maximum absolute atomic E-state index is 13.8. The van der Waals surface area contributed by atoms with Gasteiger partial charge in [-0.05, 0) is 30.3 Å². The molecule has 0 saturated carbocycles. The summed E-state index contributed by atoms with van der Waals surface area (Å²) in [6.45, 7) is 0. The second-order valence-corrected chi connectivity index (χ2v) is 4.32. The van der Waals surface area contributed by atoms with Crippen molar-refractivity contribution in [3.05, 3.63) is 48.3 Å². The largest absolute Gasteiger partial charge is 0.327 e. The Morgan fingerprint density at radius 3 is 2.74 bits per heavy atom. The number of nitrogen functional groups attached to an aromatic ring is 1. The van der Waals surface area contributed by atoms with Crippen LogP contribution >= 0.6 is 0 Å². The number of hydrogen-bond donors (Lipinski definition) is 2. The van der Waals surface area contributed by atoms with E-state index in [1.54, 1.807) is 18.2 Å². The van der Waals surface area contributed by atoms with Crippen LogP contribution in [0.5, 0.6) is 0 Å². The van der Waals surface area contributed by atoms with Crippen molar-refractivity contribution < 1.29 is 4.39 Å². The van der Waals surface area contributed by atoms with Gasteiger partial charge in [-0.1, -0.05) is 12.1 Å². The molecule has 0 fully saturated rings. The predicted molar refractivity (Wildman–Crippen MR) is 73.9 cm³/mol. The number of nitrogens with one attached hydrogen (secondary N) is 1. The summed E-state index contributed by atoms with van der Waals surface area (Å²) in [4.78, 5) is 4.47. The lowest BCUT2D eigenvalue weighted by Crippen LogP contribution is -2.06. The summed E-state index contributed by atoms with van der Waals surface area (Å²) in [6.07, 6.45) is 0. The van der Waals surface area contributed by atoms with E-state index in [-0.39, 0.29) is 5.82 Å². The molecule has 3 rings (SSSR count). The third-order valence-corrected chi connectivity index (χ3v) is 3.16. The quantitative estimate of drug-likeness (QED) is 0.547. The lowest BCUT2D eigenvalue weighted by Gasteiger charge is -2.04. The molecule has 2 aromatic carbocycles. The number of aromatic nitrogens is 2. The first-order chi connectivity index (χ1) is 9.20. The SMILES string of the molecule is Cn1c(-c2ccccc2F)nc2ccc(NN)cc21. The summed E-state index contributed by atoms with van der Waals surface area (Å²) >= 11 is 0. The van der Waals surface area contributed by atoms with E-state index in [1.165, 1.54) is 6.07 Å². The number of halogens is 1. The van der Waals surface area contributed by atoms with Crippen LogP contribution in [0, 0.1) is 5.82 Å². The van der Waals surface area contributed by atoms with Crippen LogP contribution in [-0.2, 0) is 7.05 Å². The molecule has 4 nitrogen and oxygen atoms in total. The van der Waals surface area contributed by atoms with Crippen molar-refractivity contribution in [1.29, 1.82) is 0 Å². The summed E-state index contributed by atoms with van der Waals surface area (Å²) in [6, 6.07) is 12.2. The standard InChI is InChI=1S/C14H13FN4/c1-19-13-8-9(18-16)6-7-12(13)17-14(19)10-4-2-3-5-11(10)15/h2-8,18H,16H2,1H3. The second kappa shape index (κ2) is 4.37. The third kappa shape index (κ3) is 1.84. The molecule has 19 heavy (non-hydrogen) atoms. The molecule has 0 atom stereocenters. The van der Waals surface area contributed by atoms with Gasteiger partial charge in [-0.15, -0.1) is 0 Å². The number of imidazole rings is 1. The zero-order valence-electron chi connectivity index (χ0n) is 10.4. The number of rotatable bonds is 2. The summed E-state index contributed by atoms with van der Waals surface area (Å²) in [5.74, 6) is 5.71. The number of nitrogens with zero attached hydrogens (tertiary/aromatic N) is 2. The molecule has 0 aliphatic heterocycles. The highest BCUT2D eigenvalue weighted by molar-refractivity contribution is 5.83.